The van der Waals surface area contributed by atoms with Gasteiger partial charge in [0.1, 0.15) is 5.75 Å². The Morgan fingerprint density at radius 1 is 1.22 bits per heavy atom. The number of amides is 1. The minimum absolute atomic E-state index is 0.202. The fraction of sp³-hybridized carbons (Fsp3) is 0.273. The van der Waals surface area contributed by atoms with E-state index in [-0.39, 0.29) is 5.91 Å². The maximum Gasteiger partial charge on any atom is 0.250 e. The van der Waals surface area contributed by atoms with Crippen molar-refractivity contribution >= 4 is 38.7 Å². The number of aromatic nitrogens is 1. The number of anilines is 1. The van der Waals surface area contributed by atoms with Crippen molar-refractivity contribution in [2.75, 3.05) is 11.9 Å². The van der Waals surface area contributed by atoms with Gasteiger partial charge in [-0.3, -0.25) is 10.1 Å². The van der Waals surface area contributed by atoms with Gasteiger partial charge in [0.05, 0.1) is 16.8 Å². The van der Waals surface area contributed by atoms with Crippen LogP contribution in [0, 0.1) is 13.8 Å². The Morgan fingerprint density at radius 3 is 2.85 bits per heavy atom. The molecular weight excluding hydrogens is 356 g/mol. The second-order valence-electron chi connectivity index (χ2n) is 6.44. The van der Waals surface area contributed by atoms with Crippen molar-refractivity contribution in [3.05, 3.63) is 59.2 Å². The van der Waals surface area contributed by atoms with Crippen LogP contribution in [0.15, 0.2) is 42.5 Å². The zero-order chi connectivity index (χ0) is 19.2. The van der Waals surface area contributed by atoms with Gasteiger partial charge in [-0.2, -0.15) is 0 Å². The Morgan fingerprint density at radius 2 is 2.04 bits per heavy atom. The molecule has 1 aromatic heterocycles. The summed E-state index contributed by atoms with van der Waals surface area (Å²) >= 11 is 1.49. The van der Waals surface area contributed by atoms with Crippen LogP contribution < -0.4 is 10.1 Å². The van der Waals surface area contributed by atoms with E-state index in [0.717, 1.165) is 39.9 Å². The molecule has 0 saturated heterocycles. The Balaban J connectivity index is 1.70. The summed E-state index contributed by atoms with van der Waals surface area (Å²) in [6.07, 6.45) is 5.39. The number of nitrogens with one attached hydrogen (secondary N) is 1. The molecule has 0 aliphatic heterocycles. The van der Waals surface area contributed by atoms with Crippen LogP contribution in [0.25, 0.3) is 16.3 Å². The minimum Gasteiger partial charge on any atom is -0.493 e. The molecule has 0 saturated carbocycles. The molecule has 0 radical (unpaired) electrons. The largest absolute Gasteiger partial charge is 0.493 e. The zero-order valence-corrected chi connectivity index (χ0v) is 16.7. The molecule has 1 heterocycles. The normalized spacial score (nSPS) is 11.2. The van der Waals surface area contributed by atoms with Gasteiger partial charge in [0.15, 0.2) is 5.13 Å². The number of hydrogen-bond donors (Lipinski definition) is 1. The van der Waals surface area contributed by atoms with Gasteiger partial charge in [0, 0.05) is 11.6 Å². The molecule has 3 aromatic rings. The van der Waals surface area contributed by atoms with Crippen LogP contribution in [0.4, 0.5) is 5.13 Å². The maximum atomic E-state index is 12.3. The average molecular weight is 381 g/mol. The third-order valence-electron chi connectivity index (χ3n) is 4.40. The van der Waals surface area contributed by atoms with Gasteiger partial charge >= 0.3 is 0 Å². The molecule has 0 spiro atoms. The van der Waals surface area contributed by atoms with E-state index in [1.165, 1.54) is 23.0 Å². The second kappa shape index (κ2) is 8.82. The summed E-state index contributed by atoms with van der Waals surface area (Å²) in [6.45, 7) is 6.93. The summed E-state index contributed by atoms with van der Waals surface area (Å²) in [5, 5.41) is 3.47. The first-order chi connectivity index (χ1) is 13.1. The Kier molecular flexibility index (Phi) is 6.24. The van der Waals surface area contributed by atoms with Crippen molar-refractivity contribution < 1.29 is 9.53 Å². The van der Waals surface area contributed by atoms with Crippen molar-refractivity contribution in [1.82, 2.24) is 4.98 Å². The van der Waals surface area contributed by atoms with Crippen molar-refractivity contribution in [2.24, 2.45) is 0 Å². The molecule has 4 nitrogen and oxygen atoms in total. The van der Waals surface area contributed by atoms with Gasteiger partial charge < -0.3 is 4.74 Å². The first-order valence-electron chi connectivity index (χ1n) is 9.16. The molecule has 0 fully saturated rings. The van der Waals surface area contributed by atoms with E-state index in [1.807, 2.05) is 30.3 Å². The standard InChI is InChI=1S/C22H24N2O2S/c1-4-5-14-26-18-9-7-6-8-17(18)11-13-20(25)23-22-24-21-16(3)15(2)10-12-19(21)27-22/h6-13H,4-5,14H2,1-3H3,(H,23,24,25)/b13-11+. The summed E-state index contributed by atoms with van der Waals surface area (Å²) in [6, 6.07) is 11.9. The highest BCUT2D eigenvalue weighted by atomic mass is 32.1. The first kappa shape index (κ1) is 19.1. The van der Waals surface area contributed by atoms with Crippen LogP contribution in [0.3, 0.4) is 0 Å². The fourth-order valence-corrected chi connectivity index (χ4v) is 3.60. The molecule has 1 amide bonds. The molecule has 0 atom stereocenters. The molecule has 0 bridgehead atoms. The predicted octanol–water partition coefficient (Wildman–Crippen LogP) is 5.74. The molecule has 2 aromatic carbocycles. The van der Waals surface area contributed by atoms with Gasteiger partial charge in [-0.05, 0) is 49.6 Å². The third kappa shape index (κ3) is 4.74. The average Bonchev–Trinajstić information content (AvgIpc) is 3.07. The van der Waals surface area contributed by atoms with Crippen LogP contribution in [0.5, 0.6) is 5.75 Å². The Labute approximate surface area is 163 Å². The number of thiazole rings is 1. The maximum absolute atomic E-state index is 12.3. The lowest BCUT2D eigenvalue weighted by Gasteiger charge is -2.08. The summed E-state index contributed by atoms with van der Waals surface area (Å²) in [5.74, 6) is 0.591. The number of hydrogen-bond acceptors (Lipinski definition) is 4. The van der Waals surface area contributed by atoms with Crippen LogP contribution in [-0.2, 0) is 4.79 Å². The van der Waals surface area contributed by atoms with E-state index < -0.39 is 0 Å². The van der Waals surface area contributed by atoms with Gasteiger partial charge in [-0.15, -0.1) is 0 Å². The van der Waals surface area contributed by atoms with Crippen molar-refractivity contribution in [3.8, 4) is 5.75 Å². The van der Waals surface area contributed by atoms with E-state index in [1.54, 1.807) is 6.08 Å². The SMILES string of the molecule is CCCCOc1ccccc1/C=C/C(=O)Nc1nc2c(C)c(C)ccc2s1. The highest BCUT2D eigenvalue weighted by molar-refractivity contribution is 7.22. The van der Waals surface area contributed by atoms with Crippen molar-refractivity contribution in [2.45, 2.75) is 33.6 Å². The number of aryl methyl sites for hydroxylation is 2. The van der Waals surface area contributed by atoms with Gasteiger partial charge in [0.2, 0.25) is 5.91 Å². The second-order valence-corrected chi connectivity index (χ2v) is 7.47. The quantitative estimate of drug-likeness (QED) is 0.420. The summed E-state index contributed by atoms with van der Waals surface area (Å²) < 4.78 is 6.88. The Hall–Kier alpha value is -2.66. The number of ether oxygens (including phenoxy) is 1. The van der Waals surface area contributed by atoms with Crippen molar-refractivity contribution in [1.29, 1.82) is 0 Å². The van der Waals surface area contributed by atoms with Crippen LogP contribution >= 0.6 is 11.3 Å². The number of benzene rings is 2. The summed E-state index contributed by atoms with van der Waals surface area (Å²) in [4.78, 5) is 16.9. The van der Waals surface area contributed by atoms with E-state index in [4.69, 9.17) is 4.74 Å². The minimum atomic E-state index is -0.202. The van der Waals surface area contributed by atoms with E-state index >= 15 is 0 Å². The van der Waals surface area contributed by atoms with Crippen LogP contribution in [0.1, 0.15) is 36.5 Å². The van der Waals surface area contributed by atoms with Gasteiger partial charge in [-0.25, -0.2) is 4.98 Å². The monoisotopic (exact) mass is 380 g/mol. The topological polar surface area (TPSA) is 51.2 Å². The lowest BCUT2D eigenvalue weighted by Crippen LogP contribution is -2.07. The molecular formula is C22H24N2O2S. The summed E-state index contributed by atoms with van der Waals surface area (Å²) in [5.41, 5.74) is 4.19. The molecule has 1 N–H and O–H groups in total. The molecule has 140 valence electrons. The highest BCUT2D eigenvalue weighted by Crippen LogP contribution is 2.29. The van der Waals surface area contributed by atoms with Crippen molar-refractivity contribution in [3.63, 3.8) is 0 Å². The first-order valence-corrected chi connectivity index (χ1v) is 9.97. The summed E-state index contributed by atoms with van der Waals surface area (Å²) in [7, 11) is 0. The predicted molar refractivity (Wildman–Crippen MR) is 114 cm³/mol. The molecule has 3 rings (SSSR count). The van der Waals surface area contributed by atoms with Crippen LogP contribution in [-0.4, -0.2) is 17.5 Å². The third-order valence-corrected chi connectivity index (χ3v) is 5.34. The van der Waals surface area contributed by atoms with E-state index in [9.17, 15) is 4.79 Å². The van der Waals surface area contributed by atoms with Crippen LogP contribution in [0.2, 0.25) is 0 Å². The lowest BCUT2D eigenvalue weighted by atomic mass is 10.1. The number of carbonyl (C=O) groups excluding carboxylic acids is 1. The number of unbranched alkanes of at least 4 members (excludes halogenated alkanes) is 1. The number of rotatable bonds is 7. The smallest absolute Gasteiger partial charge is 0.250 e. The van der Waals surface area contributed by atoms with Gasteiger partial charge in [-0.1, -0.05) is 48.9 Å². The lowest BCUT2D eigenvalue weighted by molar-refractivity contribution is -0.111. The molecule has 27 heavy (non-hydrogen) atoms. The molecule has 0 unspecified atom stereocenters. The number of para-hydroxylation sites is 1. The zero-order valence-electron chi connectivity index (χ0n) is 15.9. The molecule has 0 aliphatic carbocycles. The van der Waals surface area contributed by atoms with Gasteiger partial charge in [0.25, 0.3) is 0 Å². The van der Waals surface area contributed by atoms with E-state index in [2.05, 4.69) is 37.1 Å². The molecule has 0 aliphatic rings. The highest BCUT2D eigenvalue weighted by Gasteiger charge is 2.09. The fourth-order valence-electron chi connectivity index (χ4n) is 2.67. The van der Waals surface area contributed by atoms with E-state index in [0.29, 0.717) is 11.7 Å². The molecule has 5 heteroatoms. The Bertz CT molecular complexity index is 976. The number of fused-ring (bicyclic) bond motifs is 1. The number of carbonyl (C=O) groups is 1. The number of nitrogens with zero attached hydrogens (tertiary/aromatic N) is 1.